The molecule has 0 fully saturated rings. The minimum atomic E-state index is -1.11. The van der Waals surface area contributed by atoms with Crippen molar-refractivity contribution in [3.05, 3.63) is 106 Å². The molecule has 0 radical (unpaired) electrons. The van der Waals surface area contributed by atoms with Gasteiger partial charge in [0.05, 0.1) is 16.4 Å². The number of benzene rings is 3. The molecule has 0 saturated heterocycles. The van der Waals surface area contributed by atoms with Crippen LogP contribution in [0.1, 0.15) is 22.1 Å². The fourth-order valence-corrected chi connectivity index (χ4v) is 3.78. The third-order valence-electron chi connectivity index (χ3n) is 4.94. The standard InChI is InChI=1S/C24H16Cl2F2N4O2/c25-15-8-14(9-16(27)10-15)21-12-20(31-32(21)17-6-7-19(28)18(26)11-17)24(34)30-22(23(29)33)13-4-2-1-3-5-13/h1-12,22H,(H2,29,33)(H,30,34)/t22-/m0/s1. The van der Waals surface area contributed by atoms with Gasteiger partial charge in [0.2, 0.25) is 5.91 Å². The van der Waals surface area contributed by atoms with Crippen LogP contribution in [-0.2, 0) is 4.79 Å². The first-order chi connectivity index (χ1) is 16.2. The summed E-state index contributed by atoms with van der Waals surface area (Å²) < 4.78 is 29.1. The Morgan fingerprint density at radius 2 is 1.71 bits per heavy atom. The molecule has 1 atom stereocenters. The normalized spacial score (nSPS) is 11.8. The topological polar surface area (TPSA) is 90.0 Å². The third-order valence-corrected chi connectivity index (χ3v) is 5.45. The highest BCUT2D eigenvalue weighted by Crippen LogP contribution is 2.29. The van der Waals surface area contributed by atoms with Crippen molar-refractivity contribution < 1.29 is 18.4 Å². The molecule has 6 nitrogen and oxygen atoms in total. The Bertz CT molecular complexity index is 1370. The predicted octanol–water partition coefficient (Wildman–Crippen LogP) is 5.08. The van der Waals surface area contributed by atoms with Crippen LogP contribution in [0.25, 0.3) is 16.9 Å². The smallest absolute Gasteiger partial charge is 0.272 e. The number of hydrogen-bond donors (Lipinski definition) is 2. The predicted molar refractivity (Wildman–Crippen MR) is 125 cm³/mol. The molecule has 2 amide bonds. The number of carbonyl (C=O) groups excluding carboxylic acids is 2. The number of nitrogens with two attached hydrogens (primary N) is 1. The van der Waals surface area contributed by atoms with Gasteiger partial charge < -0.3 is 11.1 Å². The van der Waals surface area contributed by atoms with E-state index in [9.17, 15) is 18.4 Å². The van der Waals surface area contributed by atoms with Gasteiger partial charge in [-0.05, 0) is 48.0 Å². The largest absolute Gasteiger partial charge is 0.368 e. The summed E-state index contributed by atoms with van der Waals surface area (Å²) in [6.07, 6.45) is 0. The maximum Gasteiger partial charge on any atom is 0.272 e. The Balaban J connectivity index is 1.79. The SMILES string of the molecule is NC(=O)[C@@H](NC(=O)c1cc(-c2cc(F)cc(Cl)c2)n(-c2ccc(F)c(Cl)c2)n1)c1ccccc1. The number of hydrogen-bond acceptors (Lipinski definition) is 3. The van der Waals surface area contributed by atoms with Crippen LogP contribution in [0.5, 0.6) is 0 Å². The second-order valence-corrected chi connectivity index (χ2v) is 8.15. The Morgan fingerprint density at radius 3 is 2.35 bits per heavy atom. The van der Waals surface area contributed by atoms with Crippen LogP contribution in [0.2, 0.25) is 10.0 Å². The van der Waals surface area contributed by atoms with Crippen molar-refractivity contribution in [1.82, 2.24) is 15.1 Å². The highest BCUT2D eigenvalue weighted by atomic mass is 35.5. The molecular formula is C24H16Cl2F2N4O2. The molecule has 3 N–H and O–H groups in total. The van der Waals surface area contributed by atoms with Crippen molar-refractivity contribution in [2.75, 3.05) is 0 Å². The Morgan fingerprint density at radius 1 is 0.971 bits per heavy atom. The molecule has 0 spiro atoms. The summed E-state index contributed by atoms with van der Waals surface area (Å²) in [6.45, 7) is 0. The molecule has 3 aromatic carbocycles. The van der Waals surface area contributed by atoms with E-state index in [0.29, 0.717) is 16.8 Å². The van der Waals surface area contributed by atoms with Gasteiger partial charge >= 0.3 is 0 Å². The zero-order chi connectivity index (χ0) is 24.4. The quantitative estimate of drug-likeness (QED) is 0.386. The van der Waals surface area contributed by atoms with E-state index in [1.165, 1.54) is 35.0 Å². The minimum Gasteiger partial charge on any atom is -0.368 e. The molecule has 4 aromatic rings. The van der Waals surface area contributed by atoms with Gasteiger partial charge in [-0.3, -0.25) is 9.59 Å². The van der Waals surface area contributed by atoms with Crippen LogP contribution < -0.4 is 11.1 Å². The Labute approximate surface area is 202 Å². The number of amides is 2. The zero-order valence-corrected chi connectivity index (χ0v) is 18.8. The lowest BCUT2D eigenvalue weighted by Crippen LogP contribution is -2.37. The summed E-state index contributed by atoms with van der Waals surface area (Å²) in [6, 6.07) is 16.4. The fourth-order valence-electron chi connectivity index (χ4n) is 3.38. The number of carbonyl (C=O) groups is 2. The van der Waals surface area contributed by atoms with Gasteiger partial charge in [0.1, 0.15) is 17.7 Å². The Kier molecular flexibility index (Phi) is 6.63. The molecule has 0 aliphatic carbocycles. The fraction of sp³-hybridized carbons (Fsp3) is 0.0417. The van der Waals surface area contributed by atoms with Crippen LogP contribution >= 0.6 is 23.2 Å². The minimum absolute atomic E-state index is 0.0991. The molecule has 0 unspecified atom stereocenters. The van der Waals surface area contributed by atoms with Gasteiger partial charge in [0.25, 0.3) is 5.91 Å². The number of halogens is 4. The van der Waals surface area contributed by atoms with Gasteiger partial charge in [0, 0.05) is 10.6 Å². The first-order valence-corrected chi connectivity index (χ1v) is 10.7. The molecule has 0 saturated carbocycles. The summed E-state index contributed by atoms with van der Waals surface area (Å²) >= 11 is 11.9. The molecule has 1 heterocycles. The molecule has 172 valence electrons. The highest BCUT2D eigenvalue weighted by molar-refractivity contribution is 6.31. The van der Waals surface area contributed by atoms with E-state index in [2.05, 4.69) is 10.4 Å². The maximum atomic E-state index is 14.1. The van der Waals surface area contributed by atoms with Gasteiger partial charge in [-0.2, -0.15) is 5.10 Å². The summed E-state index contributed by atoms with van der Waals surface area (Å²) in [7, 11) is 0. The second-order valence-electron chi connectivity index (χ2n) is 7.30. The van der Waals surface area contributed by atoms with Gasteiger partial charge in [-0.15, -0.1) is 0 Å². The lowest BCUT2D eigenvalue weighted by molar-refractivity contribution is -0.120. The van der Waals surface area contributed by atoms with E-state index in [1.807, 2.05) is 0 Å². The molecule has 10 heteroatoms. The second kappa shape index (κ2) is 9.62. The van der Waals surface area contributed by atoms with Gasteiger partial charge in [-0.1, -0.05) is 53.5 Å². The van der Waals surface area contributed by atoms with E-state index < -0.39 is 29.5 Å². The van der Waals surface area contributed by atoms with Crippen LogP contribution in [0.3, 0.4) is 0 Å². The van der Waals surface area contributed by atoms with E-state index in [-0.39, 0.29) is 21.4 Å². The number of rotatable bonds is 6. The molecule has 1 aromatic heterocycles. The summed E-state index contributed by atoms with van der Waals surface area (Å²) in [5.41, 5.74) is 6.79. The molecule has 0 aliphatic rings. The number of primary amides is 1. The average Bonchev–Trinajstić information content (AvgIpc) is 3.24. The van der Waals surface area contributed by atoms with Crippen LogP contribution in [0.4, 0.5) is 8.78 Å². The van der Waals surface area contributed by atoms with Crippen molar-refractivity contribution in [2.24, 2.45) is 5.73 Å². The van der Waals surface area contributed by atoms with Crippen LogP contribution in [0, 0.1) is 11.6 Å². The molecule has 34 heavy (non-hydrogen) atoms. The van der Waals surface area contributed by atoms with Crippen molar-refractivity contribution in [1.29, 1.82) is 0 Å². The number of nitrogens with zero attached hydrogens (tertiary/aromatic N) is 2. The van der Waals surface area contributed by atoms with E-state index in [1.54, 1.807) is 30.3 Å². The van der Waals surface area contributed by atoms with Crippen LogP contribution in [-0.4, -0.2) is 21.6 Å². The first-order valence-electron chi connectivity index (χ1n) is 9.90. The molecule has 0 aliphatic heterocycles. The lowest BCUT2D eigenvalue weighted by Gasteiger charge is -2.14. The van der Waals surface area contributed by atoms with E-state index in [0.717, 1.165) is 12.1 Å². The Hall–Kier alpha value is -3.75. The summed E-state index contributed by atoms with van der Waals surface area (Å²) in [5.74, 6) is -2.71. The molecular weight excluding hydrogens is 485 g/mol. The van der Waals surface area contributed by atoms with Gasteiger partial charge in [0.15, 0.2) is 5.69 Å². The third kappa shape index (κ3) is 4.93. The monoisotopic (exact) mass is 500 g/mol. The van der Waals surface area contributed by atoms with E-state index >= 15 is 0 Å². The average molecular weight is 501 g/mol. The van der Waals surface area contributed by atoms with Crippen molar-refractivity contribution >= 4 is 35.0 Å². The van der Waals surface area contributed by atoms with Crippen molar-refractivity contribution in [2.45, 2.75) is 6.04 Å². The zero-order valence-electron chi connectivity index (χ0n) is 17.3. The van der Waals surface area contributed by atoms with Crippen LogP contribution in [0.15, 0.2) is 72.8 Å². The summed E-state index contributed by atoms with van der Waals surface area (Å²) in [4.78, 5) is 25.0. The number of aromatic nitrogens is 2. The van der Waals surface area contributed by atoms with Gasteiger partial charge in [-0.25, -0.2) is 13.5 Å². The molecule has 0 bridgehead atoms. The van der Waals surface area contributed by atoms with E-state index in [4.69, 9.17) is 28.9 Å². The molecule has 4 rings (SSSR count). The maximum absolute atomic E-state index is 14.1. The lowest BCUT2D eigenvalue weighted by atomic mass is 10.1. The van der Waals surface area contributed by atoms with Crippen molar-refractivity contribution in [3.63, 3.8) is 0 Å². The first kappa shape index (κ1) is 23.4. The number of nitrogens with one attached hydrogen (secondary N) is 1. The highest BCUT2D eigenvalue weighted by Gasteiger charge is 2.24. The summed E-state index contributed by atoms with van der Waals surface area (Å²) in [5, 5.41) is 6.82. The van der Waals surface area contributed by atoms with Crippen molar-refractivity contribution in [3.8, 4) is 16.9 Å².